The minimum atomic E-state index is 0.381. The summed E-state index contributed by atoms with van der Waals surface area (Å²) in [6.07, 6.45) is 11.4. The van der Waals surface area contributed by atoms with Gasteiger partial charge in [-0.3, -0.25) is 9.67 Å². The molecule has 3 rings (SSSR count). The Kier molecular flexibility index (Phi) is 7.56. The third-order valence-electron chi connectivity index (χ3n) is 4.85. The van der Waals surface area contributed by atoms with E-state index < -0.39 is 0 Å². The molecule has 0 spiro atoms. The van der Waals surface area contributed by atoms with Crippen LogP contribution in [0.3, 0.4) is 0 Å². The molecular weight excluding hydrogens is 338 g/mol. The van der Waals surface area contributed by atoms with Gasteiger partial charge in [0.15, 0.2) is 5.96 Å². The average molecular weight is 370 g/mol. The van der Waals surface area contributed by atoms with E-state index in [1.54, 1.807) is 13.2 Å². The monoisotopic (exact) mass is 369 g/mol. The van der Waals surface area contributed by atoms with Gasteiger partial charge in [-0.15, -0.1) is 0 Å². The van der Waals surface area contributed by atoms with Crippen molar-refractivity contribution >= 4 is 5.96 Å². The Bertz CT molecular complexity index is 692. The van der Waals surface area contributed by atoms with Crippen molar-refractivity contribution in [1.82, 2.24) is 20.4 Å². The fourth-order valence-electron chi connectivity index (χ4n) is 3.39. The molecule has 27 heavy (non-hydrogen) atoms. The summed E-state index contributed by atoms with van der Waals surface area (Å²) in [4.78, 5) is 4.29. The summed E-state index contributed by atoms with van der Waals surface area (Å²) < 4.78 is 8.10. The first-order chi connectivity index (χ1) is 13.3. The summed E-state index contributed by atoms with van der Waals surface area (Å²) in [6.45, 7) is 2.47. The van der Waals surface area contributed by atoms with Crippen molar-refractivity contribution in [2.24, 2.45) is 4.99 Å². The van der Waals surface area contributed by atoms with Crippen molar-refractivity contribution in [2.45, 2.75) is 57.7 Å². The largest absolute Gasteiger partial charge is 0.490 e. The van der Waals surface area contributed by atoms with Crippen LogP contribution in [0.1, 0.15) is 44.1 Å². The molecular formula is C21H31N5O. The fraction of sp³-hybridized carbons (Fsp3) is 0.524. The molecule has 0 amide bonds. The smallest absolute Gasteiger partial charge is 0.191 e. The maximum atomic E-state index is 6.16. The van der Waals surface area contributed by atoms with Crippen LogP contribution in [0.25, 0.3) is 0 Å². The molecule has 1 heterocycles. The molecule has 6 nitrogen and oxygen atoms in total. The van der Waals surface area contributed by atoms with Gasteiger partial charge in [-0.1, -0.05) is 18.6 Å². The normalized spacial score (nSPS) is 15.5. The van der Waals surface area contributed by atoms with Gasteiger partial charge < -0.3 is 15.4 Å². The van der Waals surface area contributed by atoms with E-state index >= 15 is 0 Å². The Balaban J connectivity index is 1.40. The third kappa shape index (κ3) is 6.62. The number of aryl methyl sites for hydroxylation is 1. The predicted octanol–water partition coefficient (Wildman–Crippen LogP) is 3.35. The number of aliphatic imine (C=N–C) groups is 1. The van der Waals surface area contributed by atoms with E-state index in [4.69, 9.17) is 4.74 Å². The van der Waals surface area contributed by atoms with Gasteiger partial charge in [0.25, 0.3) is 0 Å². The number of hydrogen-bond acceptors (Lipinski definition) is 3. The Morgan fingerprint density at radius 2 is 2.11 bits per heavy atom. The molecule has 1 fully saturated rings. The van der Waals surface area contributed by atoms with Gasteiger partial charge in [0, 0.05) is 39.1 Å². The zero-order valence-corrected chi connectivity index (χ0v) is 16.2. The minimum absolute atomic E-state index is 0.381. The summed E-state index contributed by atoms with van der Waals surface area (Å²) in [6, 6.07) is 10.3. The lowest BCUT2D eigenvalue weighted by molar-refractivity contribution is 0.155. The van der Waals surface area contributed by atoms with E-state index in [9.17, 15) is 0 Å². The van der Waals surface area contributed by atoms with Crippen LogP contribution >= 0.6 is 0 Å². The number of nitrogens with one attached hydrogen (secondary N) is 2. The Morgan fingerprint density at radius 3 is 2.89 bits per heavy atom. The highest BCUT2D eigenvalue weighted by Crippen LogP contribution is 2.23. The number of rotatable bonds is 8. The topological polar surface area (TPSA) is 63.5 Å². The summed E-state index contributed by atoms with van der Waals surface area (Å²) in [7, 11) is 1.80. The van der Waals surface area contributed by atoms with Crippen LogP contribution in [-0.2, 0) is 13.1 Å². The average Bonchev–Trinajstić information content (AvgIpc) is 3.22. The Hall–Kier alpha value is -2.50. The first-order valence-corrected chi connectivity index (χ1v) is 10.0. The Labute approximate surface area is 162 Å². The molecule has 6 heteroatoms. The van der Waals surface area contributed by atoms with Crippen molar-refractivity contribution in [2.75, 3.05) is 13.6 Å². The van der Waals surface area contributed by atoms with E-state index in [1.807, 2.05) is 16.9 Å². The lowest BCUT2D eigenvalue weighted by Crippen LogP contribution is -2.37. The van der Waals surface area contributed by atoms with E-state index in [0.717, 1.165) is 37.8 Å². The van der Waals surface area contributed by atoms with E-state index in [2.05, 4.69) is 45.0 Å². The zero-order valence-electron chi connectivity index (χ0n) is 16.2. The summed E-state index contributed by atoms with van der Waals surface area (Å²) >= 11 is 0. The lowest BCUT2D eigenvalue weighted by atomic mass is 9.98. The molecule has 0 unspecified atom stereocenters. The molecule has 0 atom stereocenters. The number of aromatic nitrogens is 2. The molecule has 2 aromatic rings. The molecule has 1 aliphatic rings. The second-order valence-electron chi connectivity index (χ2n) is 7.00. The molecule has 0 radical (unpaired) electrons. The summed E-state index contributed by atoms with van der Waals surface area (Å²) in [5.74, 6) is 1.79. The van der Waals surface area contributed by atoms with Crippen LogP contribution in [0.4, 0.5) is 0 Å². The van der Waals surface area contributed by atoms with E-state index in [0.29, 0.717) is 6.10 Å². The molecule has 1 aromatic heterocycles. The fourth-order valence-corrected chi connectivity index (χ4v) is 3.39. The second-order valence-corrected chi connectivity index (χ2v) is 7.00. The quantitative estimate of drug-likeness (QED) is 0.425. The minimum Gasteiger partial charge on any atom is -0.490 e. The molecule has 1 saturated carbocycles. The summed E-state index contributed by atoms with van der Waals surface area (Å²) in [5.41, 5.74) is 1.20. The SMILES string of the molecule is CN=C(NCCCn1cccn1)NCc1cccc(OC2CCCCC2)c1. The standard InChI is InChI=1S/C21H31N5O/c1-22-21(23-12-6-14-26-15-7-13-25-26)24-17-18-8-5-11-20(16-18)27-19-9-3-2-4-10-19/h5,7-8,11,13,15-16,19H,2-4,6,9-10,12,14,17H2,1H3,(H2,22,23,24). The van der Waals surface area contributed by atoms with Crippen molar-refractivity contribution in [1.29, 1.82) is 0 Å². The van der Waals surface area contributed by atoms with Crippen LogP contribution < -0.4 is 15.4 Å². The van der Waals surface area contributed by atoms with Crippen molar-refractivity contribution < 1.29 is 4.74 Å². The van der Waals surface area contributed by atoms with Crippen LogP contribution in [0.2, 0.25) is 0 Å². The first-order valence-electron chi connectivity index (χ1n) is 10.0. The van der Waals surface area contributed by atoms with Crippen molar-refractivity contribution in [3.63, 3.8) is 0 Å². The number of benzene rings is 1. The van der Waals surface area contributed by atoms with E-state index in [-0.39, 0.29) is 0 Å². The number of hydrogen-bond donors (Lipinski definition) is 2. The van der Waals surface area contributed by atoms with Crippen molar-refractivity contribution in [3.8, 4) is 5.75 Å². The highest BCUT2D eigenvalue weighted by Gasteiger charge is 2.14. The third-order valence-corrected chi connectivity index (χ3v) is 4.85. The maximum Gasteiger partial charge on any atom is 0.191 e. The molecule has 0 bridgehead atoms. The summed E-state index contributed by atoms with van der Waals surface area (Å²) in [5, 5.41) is 10.9. The molecule has 1 aromatic carbocycles. The zero-order chi connectivity index (χ0) is 18.7. The van der Waals surface area contributed by atoms with Gasteiger partial charge in [-0.25, -0.2) is 0 Å². The predicted molar refractivity (Wildman–Crippen MR) is 109 cm³/mol. The van der Waals surface area contributed by atoms with Gasteiger partial charge in [-0.2, -0.15) is 5.10 Å². The number of nitrogens with zero attached hydrogens (tertiary/aromatic N) is 3. The first kappa shape index (κ1) is 19.3. The highest BCUT2D eigenvalue weighted by atomic mass is 16.5. The van der Waals surface area contributed by atoms with Gasteiger partial charge in [0.2, 0.25) is 0 Å². The molecule has 146 valence electrons. The molecule has 0 aliphatic heterocycles. The highest BCUT2D eigenvalue weighted by molar-refractivity contribution is 5.79. The molecule has 2 N–H and O–H groups in total. The van der Waals surface area contributed by atoms with Crippen LogP contribution in [0, 0.1) is 0 Å². The second kappa shape index (κ2) is 10.6. The van der Waals surface area contributed by atoms with Crippen molar-refractivity contribution in [3.05, 3.63) is 48.3 Å². The maximum absolute atomic E-state index is 6.16. The molecule has 0 saturated heterocycles. The van der Waals surface area contributed by atoms with Crippen LogP contribution in [-0.4, -0.2) is 35.4 Å². The Morgan fingerprint density at radius 1 is 1.22 bits per heavy atom. The molecule has 1 aliphatic carbocycles. The van der Waals surface area contributed by atoms with Gasteiger partial charge in [0.05, 0.1) is 6.10 Å². The van der Waals surface area contributed by atoms with Crippen LogP contribution in [0.5, 0.6) is 5.75 Å². The lowest BCUT2D eigenvalue weighted by Gasteiger charge is -2.23. The number of ether oxygens (including phenoxy) is 1. The van der Waals surface area contributed by atoms with Crippen LogP contribution in [0.15, 0.2) is 47.7 Å². The van der Waals surface area contributed by atoms with Gasteiger partial charge in [0.1, 0.15) is 5.75 Å². The van der Waals surface area contributed by atoms with E-state index in [1.165, 1.54) is 37.7 Å². The van der Waals surface area contributed by atoms with Gasteiger partial charge >= 0.3 is 0 Å². The number of guanidine groups is 1. The van der Waals surface area contributed by atoms with Gasteiger partial charge in [-0.05, 0) is 55.9 Å².